The summed E-state index contributed by atoms with van der Waals surface area (Å²) >= 11 is 0. The van der Waals surface area contributed by atoms with Crippen molar-refractivity contribution in [2.24, 2.45) is 11.8 Å². The molecule has 0 amide bonds. The summed E-state index contributed by atoms with van der Waals surface area (Å²) in [5.74, 6) is 1.71. The number of aromatic nitrogens is 2. The first-order chi connectivity index (χ1) is 15.1. The Morgan fingerprint density at radius 1 is 1.03 bits per heavy atom. The molecule has 0 spiro atoms. The summed E-state index contributed by atoms with van der Waals surface area (Å²) in [6, 6.07) is 16.3. The van der Waals surface area contributed by atoms with Crippen molar-refractivity contribution < 1.29 is 13.9 Å². The number of hydrogen-bond acceptors (Lipinski definition) is 4. The van der Waals surface area contributed by atoms with E-state index in [1.807, 2.05) is 29.1 Å². The Bertz CT molecular complexity index is 1020. The van der Waals surface area contributed by atoms with E-state index in [0.717, 1.165) is 37.2 Å². The van der Waals surface area contributed by atoms with Gasteiger partial charge < -0.3 is 4.74 Å². The minimum absolute atomic E-state index is 0.124. The third-order valence-electron chi connectivity index (χ3n) is 6.41. The maximum Gasteiger partial charge on any atom is 0.179 e. The maximum absolute atomic E-state index is 13.1. The second kappa shape index (κ2) is 8.63. The van der Waals surface area contributed by atoms with Crippen LogP contribution < -0.4 is 4.74 Å². The van der Waals surface area contributed by atoms with Crippen LogP contribution in [0.1, 0.15) is 28.8 Å². The summed E-state index contributed by atoms with van der Waals surface area (Å²) < 4.78 is 20.9. The van der Waals surface area contributed by atoms with Crippen LogP contribution in [0.2, 0.25) is 0 Å². The zero-order chi connectivity index (χ0) is 21.2. The van der Waals surface area contributed by atoms with Gasteiger partial charge in [-0.3, -0.25) is 14.4 Å². The van der Waals surface area contributed by atoms with Gasteiger partial charge >= 0.3 is 0 Å². The number of fused-ring (bicyclic) bond motifs is 1. The zero-order valence-electron chi connectivity index (χ0n) is 17.4. The van der Waals surface area contributed by atoms with E-state index in [2.05, 4.69) is 22.1 Å². The van der Waals surface area contributed by atoms with Crippen molar-refractivity contribution in [2.75, 3.05) is 19.6 Å². The number of nitrogens with zero attached hydrogens (tertiary/aromatic N) is 3. The Kier molecular flexibility index (Phi) is 5.55. The lowest BCUT2D eigenvalue weighted by Gasteiger charge is -2.19. The first-order valence-electron chi connectivity index (χ1n) is 10.9. The number of benzene rings is 2. The third-order valence-corrected chi connectivity index (χ3v) is 6.41. The predicted octanol–water partition coefficient (Wildman–Crippen LogP) is 4.04. The molecule has 5 rings (SSSR count). The number of carbonyl (C=O) groups is 1. The zero-order valence-corrected chi connectivity index (χ0v) is 17.4. The summed E-state index contributed by atoms with van der Waals surface area (Å²) in [7, 11) is 0. The highest BCUT2D eigenvalue weighted by Gasteiger charge is 2.42. The highest BCUT2D eigenvalue weighted by Crippen LogP contribution is 2.39. The smallest absolute Gasteiger partial charge is 0.179 e. The lowest BCUT2D eigenvalue weighted by molar-refractivity contribution is 0.0936. The third kappa shape index (κ3) is 4.69. The molecule has 1 saturated carbocycles. The van der Waals surface area contributed by atoms with Crippen molar-refractivity contribution in [2.45, 2.75) is 25.5 Å². The van der Waals surface area contributed by atoms with Crippen molar-refractivity contribution >= 4 is 5.78 Å². The largest absolute Gasteiger partial charge is 0.490 e. The lowest BCUT2D eigenvalue weighted by Crippen LogP contribution is -2.29. The molecule has 2 heterocycles. The molecule has 3 aromatic rings. The van der Waals surface area contributed by atoms with Crippen molar-refractivity contribution in [1.82, 2.24) is 14.7 Å². The Morgan fingerprint density at radius 2 is 1.74 bits per heavy atom. The maximum atomic E-state index is 13.1. The monoisotopic (exact) mass is 419 g/mol. The Balaban J connectivity index is 1.11. The SMILES string of the molecule is O=C(CN1CC2CC(Oc3ccc(F)cc3)C[C@H]2C1)c1cnn(Cc2ccccc2)c1. The molecule has 0 N–H and O–H groups in total. The quantitative estimate of drug-likeness (QED) is 0.542. The second-order valence-corrected chi connectivity index (χ2v) is 8.71. The van der Waals surface area contributed by atoms with Gasteiger partial charge in [-0.25, -0.2) is 4.39 Å². The normalized spacial score (nSPS) is 23.1. The highest BCUT2D eigenvalue weighted by molar-refractivity contribution is 5.97. The van der Waals surface area contributed by atoms with E-state index in [1.54, 1.807) is 18.3 Å². The van der Waals surface area contributed by atoms with E-state index < -0.39 is 0 Å². The van der Waals surface area contributed by atoms with Crippen molar-refractivity contribution in [3.63, 3.8) is 0 Å². The second-order valence-electron chi connectivity index (χ2n) is 8.71. The van der Waals surface area contributed by atoms with Crippen LogP contribution in [0, 0.1) is 17.7 Å². The topological polar surface area (TPSA) is 47.4 Å². The summed E-state index contributed by atoms with van der Waals surface area (Å²) in [5, 5.41) is 4.36. The fraction of sp³-hybridized carbons (Fsp3) is 0.360. The molecule has 5 nitrogen and oxygen atoms in total. The average molecular weight is 420 g/mol. The number of ether oxygens (including phenoxy) is 1. The molecule has 2 aliphatic rings. The van der Waals surface area contributed by atoms with Crippen LogP contribution in [0.5, 0.6) is 5.75 Å². The number of ketones is 1. The minimum Gasteiger partial charge on any atom is -0.490 e. The van der Waals surface area contributed by atoms with Crippen molar-refractivity contribution in [3.8, 4) is 5.75 Å². The fourth-order valence-electron chi connectivity index (χ4n) is 4.93. The number of halogens is 1. The Hall–Kier alpha value is -2.99. The Morgan fingerprint density at radius 3 is 2.45 bits per heavy atom. The first kappa shape index (κ1) is 19.9. The van der Waals surface area contributed by atoms with Gasteiger partial charge in [0.1, 0.15) is 11.6 Å². The summed E-state index contributed by atoms with van der Waals surface area (Å²) in [6.45, 7) is 2.96. The molecule has 2 aromatic carbocycles. The molecule has 3 atom stereocenters. The van der Waals surface area contributed by atoms with Crippen LogP contribution in [-0.4, -0.2) is 46.2 Å². The van der Waals surface area contributed by atoms with Gasteiger partial charge in [-0.1, -0.05) is 30.3 Å². The molecule has 1 aromatic heterocycles. The van der Waals surface area contributed by atoms with Gasteiger partial charge in [0.2, 0.25) is 0 Å². The average Bonchev–Trinajstić information content (AvgIpc) is 3.46. The number of hydrogen-bond donors (Lipinski definition) is 0. The van der Waals surface area contributed by atoms with Crippen molar-refractivity contribution in [3.05, 3.63) is 83.9 Å². The van der Waals surface area contributed by atoms with Gasteiger partial charge in [0.15, 0.2) is 5.78 Å². The lowest BCUT2D eigenvalue weighted by atomic mass is 10.0. The van der Waals surface area contributed by atoms with Crippen LogP contribution in [-0.2, 0) is 6.54 Å². The van der Waals surface area contributed by atoms with Gasteiger partial charge in [0, 0.05) is 19.3 Å². The predicted molar refractivity (Wildman–Crippen MR) is 116 cm³/mol. The van der Waals surface area contributed by atoms with Crippen LogP contribution >= 0.6 is 0 Å². The molecule has 6 heteroatoms. The van der Waals surface area contributed by atoms with Gasteiger partial charge in [-0.2, -0.15) is 5.10 Å². The van der Waals surface area contributed by atoms with E-state index in [9.17, 15) is 9.18 Å². The molecule has 2 unspecified atom stereocenters. The number of Topliss-reactive ketones (excluding diaryl/α,β-unsaturated/α-hetero) is 1. The molecule has 31 heavy (non-hydrogen) atoms. The first-order valence-corrected chi connectivity index (χ1v) is 10.9. The number of carbonyl (C=O) groups excluding carboxylic acids is 1. The standard InChI is InChI=1S/C25H26FN3O2/c26-22-6-8-23(9-7-22)31-24-10-19-14-28(15-20(19)11-24)17-25(30)21-12-27-29(16-21)13-18-4-2-1-3-5-18/h1-9,12,16,19-20,24H,10-11,13-15,17H2/t19-,20?,24?/m0/s1. The van der Waals surface area contributed by atoms with Crippen LogP contribution in [0.25, 0.3) is 0 Å². The molecule has 1 aliphatic heterocycles. The van der Waals surface area contributed by atoms with Gasteiger partial charge in [0.25, 0.3) is 0 Å². The fourth-order valence-corrected chi connectivity index (χ4v) is 4.93. The Labute approximate surface area is 181 Å². The summed E-state index contributed by atoms with van der Waals surface area (Å²) in [4.78, 5) is 15.0. The summed E-state index contributed by atoms with van der Waals surface area (Å²) in [5.41, 5.74) is 1.83. The van der Waals surface area contributed by atoms with Crippen LogP contribution in [0.4, 0.5) is 4.39 Å². The van der Waals surface area contributed by atoms with Gasteiger partial charge in [0.05, 0.1) is 31.0 Å². The minimum atomic E-state index is -0.249. The van der Waals surface area contributed by atoms with Gasteiger partial charge in [-0.15, -0.1) is 0 Å². The molecular formula is C25H26FN3O2. The number of rotatable bonds is 7. The number of likely N-dealkylation sites (tertiary alicyclic amines) is 1. The van der Waals surface area contributed by atoms with Gasteiger partial charge in [-0.05, 0) is 54.5 Å². The molecular weight excluding hydrogens is 393 g/mol. The molecule has 0 bridgehead atoms. The van der Waals surface area contributed by atoms with Crippen LogP contribution in [0.15, 0.2) is 67.0 Å². The van der Waals surface area contributed by atoms with Crippen molar-refractivity contribution in [1.29, 1.82) is 0 Å². The van der Waals surface area contributed by atoms with E-state index >= 15 is 0 Å². The van der Waals surface area contributed by atoms with Crippen LogP contribution in [0.3, 0.4) is 0 Å². The molecule has 160 valence electrons. The van der Waals surface area contributed by atoms with E-state index in [0.29, 0.717) is 30.5 Å². The van der Waals surface area contributed by atoms with E-state index in [-0.39, 0.29) is 17.7 Å². The molecule has 1 saturated heterocycles. The molecule has 1 aliphatic carbocycles. The van der Waals surface area contributed by atoms with E-state index in [4.69, 9.17) is 4.74 Å². The highest BCUT2D eigenvalue weighted by atomic mass is 19.1. The summed E-state index contributed by atoms with van der Waals surface area (Å²) in [6.07, 6.45) is 5.67. The van der Waals surface area contributed by atoms with E-state index in [1.165, 1.54) is 12.1 Å². The molecule has 0 radical (unpaired) electrons. The molecule has 2 fully saturated rings.